The topological polar surface area (TPSA) is 199 Å². The molecule has 2 aromatic carbocycles. The van der Waals surface area contributed by atoms with E-state index < -0.39 is 54.3 Å². The van der Waals surface area contributed by atoms with E-state index in [2.05, 4.69) is 14.1 Å². The van der Waals surface area contributed by atoms with Crippen molar-refractivity contribution in [1.29, 1.82) is 0 Å². The molecule has 3 heterocycles. The lowest BCUT2D eigenvalue weighted by Gasteiger charge is -2.23. The van der Waals surface area contributed by atoms with Gasteiger partial charge >= 0.3 is 11.9 Å². The van der Waals surface area contributed by atoms with Crippen LogP contribution in [0.4, 0.5) is 10.8 Å². The Kier molecular flexibility index (Phi) is 7.73. The minimum absolute atomic E-state index is 0.121. The summed E-state index contributed by atoms with van der Waals surface area (Å²) in [5.74, 6) is -4.92. The van der Waals surface area contributed by atoms with Crippen LogP contribution in [0.15, 0.2) is 56.4 Å². The van der Waals surface area contributed by atoms with Crippen LogP contribution in [-0.4, -0.2) is 68.9 Å². The van der Waals surface area contributed by atoms with Gasteiger partial charge in [0.15, 0.2) is 15.2 Å². The standard InChI is InChI=1S/C24H20N4O10S4/c1-3-37-21(31)12-5-7-14-17(9-12)39-23(25-14)26-41(33,34)11-16(29)19-20(30)28-15-8-6-13(22(32)38-4-2)10-18(15)40-24(28)27-42(19,35)36/h5-10,29H,3-4,11H2,1-2H3,(H,25,26)/b19-16-. The highest BCUT2D eigenvalue weighted by Crippen LogP contribution is 2.45. The SMILES string of the molecule is CCOC(=O)c1ccc2c(c1)SC1=NS(=O)(=O)/C(=C(\O)CS(=O)(=O)Nc3nc4ccc(C(=O)OCC)cc4s3)C(=O)N12. The molecule has 0 aliphatic carbocycles. The first kappa shape index (κ1) is 29.5. The number of aromatic nitrogens is 1. The Morgan fingerprint density at radius 3 is 2.36 bits per heavy atom. The van der Waals surface area contributed by atoms with Crippen LogP contribution in [0.5, 0.6) is 0 Å². The predicted molar refractivity (Wildman–Crippen MR) is 155 cm³/mol. The summed E-state index contributed by atoms with van der Waals surface area (Å²) in [5, 5.41) is 10.3. The molecule has 42 heavy (non-hydrogen) atoms. The minimum Gasteiger partial charge on any atom is -0.509 e. The van der Waals surface area contributed by atoms with E-state index in [9.17, 15) is 36.3 Å². The van der Waals surface area contributed by atoms with Crippen molar-refractivity contribution in [3.05, 3.63) is 58.2 Å². The Morgan fingerprint density at radius 1 is 1.05 bits per heavy atom. The van der Waals surface area contributed by atoms with Gasteiger partial charge in [-0.3, -0.25) is 14.4 Å². The van der Waals surface area contributed by atoms with Gasteiger partial charge < -0.3 is 14.6 Å². The summed E-state index contributed by atoms with van der Waals surface area (Å²) in [6.45, 7) is 3.61. The van der Waals surface area contributed by atoms with E-state index in [4.69, 9.17) is 9.47 Å². The maximum atomic E-state index is 13.3. The molecular formula is C24H20N4O10S4. The molecule has 1 aromatic heterocycles. The third kappa shape index (κ3) is 5.57. The highest BCUT2D eigenvalue weighted by Gasteiger charge is 2.45. The molecule has 0 bridgehead atoms. The monoisotopic (exact) mass is 652 g/mol. The number of benzene rings is 2. The van der Waals surface area contributed by atoms with Crippen molar-refractivity contribution in [2.45, 2.75) is 18.7 Å². The summed E-state index contributed by atoms with van der Waals surface area (Å²) in [6.07, 6.45) is 0. The van der Waals surface area contributed by atoms with Crippen LogP contribution in [0.2, 0.25) is 0 Å². The highest BCUT2D eigenvalue weighted by molar-refractivity contribution is 8.16. The average molecular weight is 653 g/mol. The van der Waals surface area contributed by atoms with Gasteiger partial charge in [0.2, 0.25) is 10.0 Å². The second-order valence-corrected chi connectivity index (χ2v) is 13.9. The summed E-state index contributed by atoms with van der Waals surface area (Å²) >= 11 is 1.70. The van der Waals surface area contributed by atoms with Crippen molar-refractivity contribution in [2.24, 2.45) is 4.40 Å². The number of amides is 1. The normalized spacial score (nSPS) is 16.9. The smallest absolute Gasteiger partial charge is 0.338 e. The molecule has 0 unspecified atom stereocenters. The van der Waals surface area contributed by atoms with E-state index in [0.717, 1.165) is 28.0 Å². The zero-order chi connectivity index (χ0) is 30.4. The number of esters is 2. The van der Waals surface area contributed by atoms with Gasteiger partial charge in [-0.15, -0.1) is 4.40 Å². The fraction of sp³-hybridized carbons (Fsp3) is 0.208. The summed E-state index contributed by atoms with van der Waals surface area (Å²) in [4.78, 5) is 41.6. The van der Waals surface area contributed by atoms with Gasteiger partial charge in [-0.2, -0.15) is 8.42 Å². The molecule has 0 fully saturated rings. The quantitative estimate of drug-likeness (QED) is 0.205. The first-order valence-electron chi connectivity index (χ1n) is 12.0. The molecule has 0 saturated heterocycles. The third-order valence-electron chi connectivity index (χ3n) is 5.69. The van der Waals surface area contributed by atoms with Crippen LogP contribution >= 0.6 is 23.1 Å². The molecule has 0 radical (unpaired) electrons. The van der Waals surface area contributed by atoms with Gasteiger partial charge in [-0.05, 0) is 62.0 Å². The number of hydrogen-bond acceptors (Lipinski definition) is 13. The van der Waals surface area contributed by atoms with Crippen molar-refractivity contribution in [3.8, 4) is 0 Å². The van der Waals surface area contributed by atoms with Gasteiger partial charge in [-0.25, -0.2) is 23.0 Å². The van der Waals surface area contributed by atoms with Crippen molar-refractivity contribution in [2.75, 3.05) is 28.6 Å². The van der Waals surface area contributed by atoms with Crippen molar-refractivity contribution >= 4 is 87.2 Å². The molecule has 5 rings (SSSR count). The van der Waals surface area contributed by atoms with E-state index in [1.165, 1.54) is 36.4 Å². The number of fused-ring (bicyclic) bond motifs is 4. The van der Waals surface area contributed by atoms with E-state index in [-0.39, 0.29) is 40.3 Å². The molecule has 2 aliphatic heterocycles. The maximum Gasteiger partial charge on any atom is 0.338 e. The van der Waals surface area contributed by atoms with E-state index in [1.807, 2.05) is 0 Å². The van der Waals surface area contributed by atoms with Crippen LogP contribution in [0, 0.1) is 0 Å². The summed E-state index contributed by atoms with van der Waals surface area (Å²) in [7, 11) is -9.28. The molecule has 0 spiro atoms. The Bertz CT molecular complexity index is 1950. The molecule has 18 heteroatoms. The number of carbonyl (C=O) groups is 3. The van der Waals surface area contributed by atoms with Crippen molar-refractivity contribution < 1.29 is 45.8 Å². The number of thiazole rings is 1. The largest absolute Gasteiger partial charge is 0.509 e. The lowest BCUT2D eigenvalue weighted by Crippen LogP contribution is -2.41. The molecule has 3 aromatic rings. The number of sulfonamides is 2. The number of carbonyl (C=O) groups excluding carboxylic acids is 3. The molecule has 2 N–H and O–H groups in total. The zero-order valence-electron chi connectivity index (χ0n) is 21.7. The van der Waals surface area contributed by atoms with Crippen LogP contribution in [0.1, 0.15) is 34.6 Å². The van der Waals surface area contributed by atoms with Gasteiger partial charge in [0.1, 0.15) is 11.5 Å². The Morgan fingerprint density at radius 2 is 1.69 bits per heavy atom. The molecule has 14 nitrogen and oxygen atoms in total. The molecular weight excluding hydrogens is 633 g/mol. The number of aliphatic hydroxyl groups excluding tert-OH is 1. The molecule has 2 aliphatic rings. The molecule has 0 atom stereocenters. The van der Waals surface area contributed by atoms with E-state index in [1.54, 1.807) is 13.8 Å². The summed E-state index contributed by atoms with van der Waals surface area (Å²) in [6, 6.07) is 8.62. The highest BCUT2D eigenvalue weighted by atomic mass is 32.2. The molecule has 1 amide bonds. The van der Waals surface area contributed by atoms with Gasteiger partial charge in [0, 0.05) is 4.90 Å². The Balaban J connectivity index is 1.41. The van der Waals surface area contributed by atoms with Crippen molar-refractivity contribution in [1.82, 2.24) is 4.98 Å². The van der Waals surface area contributed by atoms with Gasteiger partial charge in [0.25, 0.3) is 15.9 Å². The Labute approximate surface area is 247 Å². The average Bonchev–Trinajstić information content (AvgIpc) is 3.46. The van der Waals surface area contributed by atoms with Crippen LogP contribution < -0.4 is 9.62 Å². The fourth-order valence-corrected chi connectivity index (χ4v) is 8.69. The minimum atomic E-state index is -4.80. The number of hydrogen-bond donors (Lipinski definition) is 2. The third-order valence-corrected chi connectivity index (χ3v) is 10.4. The van der Waals surface area contributed by atoms with Crippen LogP contribution in [-0.2, 0) is 34.3 Å². The second-order valence-electron chi connectivity index (χ2n) is 8.55. The number of ether oxygens (including phenoxy) is 2. The summed E-state index contributed by atoms with van der Waals surface area (Å²) < 4.78 is 67.6. The number of anilines is 2. The number of amidine groups is 1. The fourth-order valence-electron chi connectivity index (χ4n) is 3.98. The number of rotatable bonds is 8. The second kappa shape index (κ2) is 11.0. The van der Waals surface area contributed by atoms with E-state index >= 15 is 0 Å². The first-order valence-corrected chi connectivity index (χ1v) is 16.7. The lowest BCUT2D eigenvalue weighted by atomic mass is 10.2. The van der Waals surface area contributed by atoms with Crippen LogP contribution in [0.3, 0.4) is 0 Å². The Hall–Kier alpha value is -4.00. The maximum absolute atomic E-state index is 13.3. The van der Waals surface area contributed by atoms with Gasteiger partial charge in [-0.1, -0.05) is 11.3 Å². The first-order chi connectivity index (χ1) is 19.8. The number of nitrogens with zero attached hydrogens (tertiary/aromatic N) is 3. The number of nitrogens with one attached hydrogen (secondary N) is 1. The van der Waals surface area contributed by atoms with E-state index in [0.29, 0.717) is 15.1 Å². The van der Waals surface area contributed by atoms with Crippen LogP contribution in [0.25, 0.3) is 10.2 Å². The molecule has 220 valence electrons. The predicted octanol–water partition coefficient (Wildman–Crippen LogP) is 3.00. The molecule has 0 saturated carbocycles. The van der Waals surface area contributed by atoms with Crippen molar-refractivity contribution in [3.63, 3.8) is 0 Å². The lowest BCUT2D eigenvalue weighted by molar-refractivity contribution is -0.113. The van der Waals surface area contributed by atoms with Gasteiger partial charge in [0.05, 0.1) is 40.2 Å². The number of thioether (sulfide) groups is 1. The zero-order valence-corrected chi connectivity index (χ0v) is 24.9. The summed E-state index contributed by atoms with van der Waals surface area (Å²) in [5.41, 5.74) is 0.970. The number of aliphatic hydroxyl groups is 1.